The fourth-order valence-corrected chi connectivity index (χ4v) is 2.26. The fraction of sp³-hybridized carbons (Fsp3) is 0.300. The minimum atomic E-state index is -4.51. The van der Waals surface area contributed by atoms with Crippen LogP contribution >= 0.6 is 0 Å². The zero-order valence-corrected chi connectivity index (χ0v) is 9.85. The number of halogens is 3. The van der Waals surface area contributed by atoms with Gasteiger partial charge in [0.1, 0.15) is 0 Å². The lowest BCUT2D eigenvalue weighted by atomic mass is 10.1. The van der Waals surface area contributed by atoms with E-state index >= 15 is 0 Å². The van der Waals surface area contributed by atoms with Gasteiger partial charge in [-0.15, -0.1) is 0 Å². The summed E-state index contributed by atoms with van der Waals surface area (Å²) in [6, 6.07) is 5.62. The van der Waals surface area contributed by atoms with Crippen LogP contribution in [-0.2, 0) is 22.0 Å². The number of nitriles is 1. The summed E-state index contributed by atoms with van der Waals surface area (Å²) >= 11 is 0. The van der Waals surface area contributed by atoms with E-state index in [-0.39, 0.29) is 5.56 Å². The van der Waals surface area contributed by atoms with Crippen molar-refractivity contribution in [3.8, 4) is 6.07 Å². The Morgan fingerprint density at radius 2 is 2.00 bits per heavy atom. The normalized spacial score (nSPS) is 12.1. The van der Waals surface area contributed by atoms with Crippen LogP contribution in [0.3, 0.4) is 0 Å². The first-order chi connectivity index (χ1) is 8.24. The molecule has 1 aromatic rings. The van der Waals surface area contributed by atoms with Gasteiger partial charge in [0, 0.05) is 0 Å². The minimum absolute atomic E-state index is 0.00950. The molecule has 0 saturated heterocycles. The van der Waals surface area contributed by atoms with E-state index in [9.17, 15) is 21.6 Å². The van der Waals surface area contributed by atoms with Crippen LogP contribution in [-0.4, -0.2) is 15.0 Å². The SMILES string of the molecule is N#CCNS(=O)(=O)Cc1cccc(C(F)(F)F)c1. The van der Waals surface area contributed by atoms with Gasteiger partial charge in [-0.05, 0) is 11.6 Å². The van der Waals surface area contributed by atoms with Crippen molar-refractivity contribution in [2.45, 2.75) is 11.9 Å². The Kier molecular flexibility index (Phi) is 4.32. The zero-order chi connectivity index (χ0) is 13.8. The number of alkyl halides is 3. The molecule has 18 heavy (non-hydrogen) atoms. The topological polar surface area (TPSA) is 70.0 Å². The van der Waals surface area contributed by atoms with Gasteiger partial charge in [-0.25, -0.2) is 13.1 Å². The monoisotopic (exact) mass is 278 g/mol. The van der Waals surface area contributed by atoms with Crippen LogP contribution in [0.1, 0.15) is 11.1 Å². The Hall–Kier alpha value is -1.59. The predicted molar refractivity (Wildman–Crippen MR) is 57.7 cm³/mol. The molecule has 98 valence electrons. The third-order valence-corrected chi connectivity index (χ3v) is 3.28. The second kappa shape index (κ2) is 5.37. The Morgan fingerprint density at radius 1 is 1.33 bits per heavy atom. The lowest BCUT2D eigenvalue weighted by Gasteiger charge is -2.09. The van der Waals surface area contributed by atoms with Gasteiger partial charge in [0.05, 0.1) is 23.9 Å². The summed E-state index contributed by atoms with van der Waals surface area (Å²) in [4.78, 5) is 0. The van der Waals surface area contributed by atoms with Gasteiger partial charge in [0.2, 0.25) is 10.0 Å². The summed E-state index contributed by atoms with van der Waals surface area (Å²) in [5, 5.41) is 8.22. The lowest BCUT2D eigenvalue weighted by Crippen LogP contribution is -2.25. The highest BCUT2D eigenvalue weighted by Gasteiger charge is 2.30. The number of hydrogen-bond donors (Lipinski definition) is 1. The largest absolute Gasteiger partial charge is 0.416 e. The molecule has 0 atom stereocenters. The molecule has 0 amide bonds. The molecule has 0 heterocycles. The highest BCUT2D eigenvalue weighted by molar-refractivity contribution is 7.88. The molecule has 0 aromatic heterocycles. The Labute approximate surface area is 102 Å². The predicted octanol–water partition coefficient (Wildman–Crippen LogP) is 1.65. The number of sulfonamides is 1. The second-order valence-electron chi connectivity index (χ2n) is 3.44. The standard InChI is InChI=1S/C10H9F3N2O2S/c11-10(12,13)9-3-1-2-8(6-9)7-18(16,17)15-5-4-14/h1-3,6,15H,5,7H2. The van der Waals surface area contributed by atoms with E-state index in [1.54, 1.807) is 6.07 Å². The summed E-state index contributed by atoms with van der Waals surface area (Å²) in [7, 11) is -3.80. The van der Waals surface area contributed by atoms with Crippen LogP contribution in [0.15, 0.2) is 24.3 Å². The van der Waals surface area contributed by atoms with Gasteiger partial charge in [-0.2, -0.15) is 18.4 Å². The molecule has 0 spiro atoms. The van der Waals surface area contributed by atoms with Gasteiger partial charge >= 0.3 is 6.18 Å². The Balaban J connectivity index is 2.90. The first-order valence-corrected chi connectivity index (χ1v) is 6.40. The molecule has 0 fully saturated rings. The second-order valence-corrected chi connectivity index (χ2v) is 5.24. The van der Waals surface area contributed by atoms with Gasteiger partial charge in [0.25, 0.3) is 0 Å². The molecular formula is C10H9F3N2O2S. The first kappa shape index (κ1) is 14.5. The quantitative estimate of drug-likeness (QED) is 0.851. The van der Waals surface area contributed by atoms with Crippen molar-refractivity contribution < 1.29 is 21.6 Å². The van der Waals surface area contributed by atoms with Crippen molar-refractivity contribution >= 4 is 10.0 Å². The number of nitrogens with one attached hydrogen (secondary N) is 1. The molecule has 1 N–H and O–H groups in total. The Morgan fingerprint density at radius 3 is 2.56 bits per heavy atom. The molecule has 0 radical (unpaired) electrons. The molecule has 0 aliphatic carbocycles. The maximum atomic E-state index is 12.4. The number of nitrogens with zero attached hydrogens (tertiary/aromatic N) is 1. The van der Waals surface area contributed by atoms with Crippen molar-refractivity contribution in [1.29, 1.82) is 5.26 Å². The van der Waals surface area contributed by atoms with Gasteiger partial charge in [-0.3, -0.25) is 0 Å². The average Bonchev–Trinajstić information content (AvgIpc) is 2.25. The average molecular weight is 278 g/mol. The van der Waals surface area contributed by atoms with Crippen LogP contribution in [0.4, 0.5) is 13.2 Å². The molecule has 8 heteroatoms. The van der Waals surface area contributed by atoms with Crippen LogP contribution in [0.25, 0.3) is 0 Å². The number of hydrogen-bond acceptors (Lipinski definition) is 3. The van der Waals surface area contributed by atoms with E-state index in [1.165, 1.54) is 6.07 Å². The van der Waals surface area contributed by atoms with Gasteiger partial charge in [-0.1, -0.05) is 18.2 Å². The summed E-state index contributed by atoms with van der Waals surface area (Å²) < 4.78 is 61.9. The van der Waals surface area contributed by atoms with E-state index in [4.69, 9.17) is 5.26 Å². The lowest BCUT2D eigenvalue weighted by molar-refractivity contribution is -0.137. The summed E-state index contributed by atoms with van der Waals surface area (Å²) in [5.74, 6) is -0.599. The van der Waals surface area contributed by atoms with E-state index in [0.29, 0.717) is 0 Å². The van der Waals surface area contributed by atoms with Crippen molar-refractivity contribution in [2.75, 3.05) is 6.54 Å². The van der Waals surface area contributed by atoms with Gasteiger partial charge in [0.15, 0.2) is 0 Å². The molecular weight excluding hydrogens is 269 g/mol. The van der Waals surface area contributed by atoms with Crippen molar-refractivity contribution in [1.82, 2.24) is 4.72 Å². The van der Waals surface area contributed by atoms with Crippen LogP contribution in [0.5, 0.6) is 0 Å². The smallest absolute Gasteiger partial charge is 0.212 e. The Bertz CT molecular complexity index is 561. The summed E-state index contributed by atoms with van der Waals surface area (Å²) in [6.07, 6.45) is -4.51. The number of rotatable bonds is 4. The van der Waals surface area contributed by atoms with E-state index in [2.05, 4.69) is 0 Å². The third-order valence-electron chi connectivity index (χ3n) is 1.98. The van der Waals surface area contributed by atoms with Crippen molar-refractivity contribution in [2.24, 2.45) is 0 Å². The highest BCUT2D eigenvalue weighted by atomic mass is 32.2. The third kappa shape index (κ3) is 4.35. The molecule has 0 aliphatic heterocycles. The van der Waals surface area contributed by atoms with Gasteiger partial charge < -0.3 is 0 Å². The molecule has 1 aromatic carbocycles. The van der Waals surface area contributed by atoms with Crippen LogP contribution in [0.2, 0.25) is 0 Å². The maximum Gasteiger partial charge on any atom is 0.416 e. The summed E-state index contributed by atoms with van der Waals surface area (Å²) in [6.45, 7) is -0.415. The van der Waals surface area contributed by atoms with Crippen molar-refractivity contribution in [3.63, 3.8) is 0 Å². The summed E-state index contributed by atoms with van der Waals surface area (Å²) in [5.41, 5.74) is -0.897. The molecule has 0 saturated carbocycles. The molecule has 4 nitrogen and oxygen atoms in total. The van der Waals surface area contributed by atoms with E-state index in [0.717, 1.165) is 18.2 Å². The molecule has 0 bridgehead atoms. The maximum absolute atomic E-state index is 12.4. The molecule has 0 unspecified atom stereocenters. The first-order valence-electron chi connectivity index (χ1n) is 4.75. The number of benzene rings is 1. The highest BCUT2D eigenvalue weighted by Crippen LogP contribution is 2.29. The van der Waals surface area contributed by atoms with Crippen LogP contribution < -0.4 is 4.72 Å². The van der Waals surface area contributed by atoms with E-state index < -0.39 is 34.1 Å². The molecule has 1 rings (SSSR count). The fourth-order valence-electron chi connectivity index (χ4n) is 1.25. The zero-order valence-electron chi connectivity index (χ0n) is 9.03. The molecule has 0 aliphatic rings. The minimum Gasteiger partial charge on any atom is -0.212 e. The van der Waals surface area contributed by atoms with Crippen LogP contribution in [0, 0.1) is 11.3 Å². The van der Waals surface area contributed by atoms with Crippen molar-refractivity contribution in [3.05, 3.63) is 35.4 Å². The van der Waals surface area contributed by atoms with E-state index in [1.807, 2.05) is 4.72 Å².